The molecule has 2 N–H and O–H groups in total. The van der Waals surface area contributed by atoms with E-state index in [1.165, 1.54) is 38.5 Å². The number of nitrogens with zero attached hydrogens (tertiary/aromatic N) is 1. The summed E-state index contributed by atoms with van der Waals surface area (Å²) in [5, 5.41) is 0. The van der Waals surface area contributed by atoms with Gasteiger partial charge >= 0.3 is 0 Å². The highest BCUT2D eigenvalue weighted by atomic mass is 16.7. The molecule has 1 unspecified atom stereocenters. The highest BCUT2D eigenvalue weighted by molar-refractivity contribution is 4.80. The van der Waals surface area contributed by atoms with E-state index in [4.69, 9.17) is 15.2 Å². The van der Waals surface area contributed by atoms with Crippen LogP contribution in [-0.4, -0.2) is 49.6 Å². The lowest BCUT2D eigenvalue weighted by Crippen LogP contribution is -2.42. The van der Waals surface area contributed by atoms with Crippen LogP contribution < -0.4 is 5.73 Å². The highest BCUT2D eigenvalue weighted by Gasteiger charge is 2.23. The van der Waals surface area contributed by atoms with Gasteiger partial charge in [0.25, 0.3) is 0 Å². The summed E-state index contributed by atoms with van der Waals surface area (Å²) in [6.45, 7) is 6.03. The molecule has 2 rings (SSSR count). The molecule has 0 amide bonds. The number of rotatable bonds is 6. The summed E-state index contributed by atoms with van der Waals surface area (Å²) in [5.41, 5.74) is 5.98. The molecular formula is C15H30N2O2. The van der Waals surface area contributed by atoms with Gasteiger partial charge < -0.3 is 15.2 Å². The van der Waals surface area contributed by atoms with Crippen molar-refractivity contribution in [3.8, 4) is 0 Å². The van der Waals surface area contributed by atoms with Crippen LogP contribution in [0.1, 0.15) is 51.9 Å². The first kappa shape index (κ1) is 15.2. The Hall–Kier alpha value is -0.160. The van der Waals surface area contributed by atoms with Crippen LogP contribution in [0, 0.1) is 0 Å². The molecule has 1 atom stereocenters. The van der Waals surface area contributed by atoms with Crippen molar-refractivity contribution in [1.82, 2.24) is 4.90 Å². The van der Waals surface area contributed by atoms with Crippen LogP contribution in [0.5, 0.6) is 0 Å². The molecule has 0 radical (unpaired) electrons. The van der Waals surface area contributed by atoms with Crippen molar-refractivity contribution >= 4 is 0 Å². The van der Waals surface area contributed by atoms with Gasteiger partial charge in [-0.1, -0.05) is 6.92 Å². The van der Waals surface area contributed by atoms with Crippen molar-refractivity contribution in [2.24, 2.45) is 5.73 Å². The van der Waals surface area contributed by atoms with Crippen molar-refractivity contribution in [2.75, 3.05) is 26.3 Å². The molecule has 0 bridgehead atoms. The van der Waals surface area contributed by atoms with Gasteiger partial charge in [-0.2, -0.15) is 0 Å². The third-order valence-electron chi connectivity index (χ3n) is 4.48. The number of hydrogen-bond donors (Lipinski definition) is 1. The molecule has 1 saturated carbocycles. The van der Waals surface area contributed by atoms with E-state index in [1.54, 1.807) is 0 Å². The molecule has 2 aliphatic rings. The topological polar surface area (TPSA) is 47.7 Å². The molecule has 0 aromatic carbocycles. The lowest BCUT2D eigenvalue weighted by Gasteiger charge is -2.35. The first-order valence-electron chi connectivity index (χ1n) is 8.02. The predicted octanol–water partition coefficient (Wildman–Crippen LogP) is 2.12. The van der Waals surface area contributed by atoms with E-state index in [-0.39, 0.29) is 6.29 Å². The van der Waals surface area contributed by atoms with E-state index in [0.717, 1.165) is 32.7 Å². The van der Waals surface area contributed by atoms with Crippen LogP contribution in [-0.2, 0) is 9.47 Å². The maximum absolute atomic E-state index is 5.98. The van der Waals surface area contributed by atoms with E-state index in [0.29, 0.717) is 12.1 Å². The van der Waals surface area contributed by atoms with Crippen LogP contribution >= 0.6 is 0 Å². The second kappa shape index (κ2) is 8.20. The van der Waals surface area contributed by atoms with Gasteiger partial charge in [0.2, 0.25) is 0 Å². The highest BCUT2D eigenvalue weighted by Crippen LogP contribution is 2.22. The molecule has 0 spiro atoms. The molecule has 4 nitrogen and oxygen atoms in total. The molecule has 4 heteroatoms. The molecular weight excluding hydrogens is 240 g/mol. The first-order chi connectivity index (χ1) is 9.29. The SMILES string of the molecule is CCN(CCOC1CCCCO1)C1CCC(N)CC1. The molecule has 1 aliphatic heterocycles. The number of nitrogens with two attached hydrogens (primary N) is 1. The van der Waals surface area contributed by atoms with Crippen molar-refractivity contribution in [3.05, 3.63) is 0 Å². The van der Waals surface area contributed by atoms with Gasteiger partial charge in [0.1, 0.15) is 0 Å². The lowest BCUT2D eigenvalue weighted by atomic mass is 9.91. The Balaban J connectivity index is 1.64. The summed E-state index contributed by atoms with van der Waals surface area (Å²) < 4.78 is 11.4. The summed E-state index contributed by atoms with van der Waals surface area (Å²) in [6.07, 6.45) is 8.37. The summed E-state index contributed by atoms with van der Waals surface area (Å²) in [6, 6.07) is 1.14. The summed E-state index contributed by atoms with van der Waals surface area (Å²) in [7, 11) is 0. The second-order valence-electron chi connectivity index (χ2n) is 5.86. The van der Waals surface area contributed by atoms with Gasteiger partial charge in [-0.15, -0.1) is 0 Å². The van der Waals surface area contributed by atoms with Crippen LogP contribution in [0.2, 0.25) is 0 Å². The first-order valence-corrected chi connectivity index (χ1v) is 8.02. The van der Waals surface area contributed by atoms with E-state index in [9.17, 15) is 0 Å². The smallest absolute Gasteiger partial charge is 0.157 e. The minimum absolute atomic E-state index is 0.0484. The third-order valence-corrected chi connectivity index (χ3v) is 4.48. The largest absolute Gasteiger partial charge is 0.353 e. The van der Waals surface area contributed by atoms with E-state index in [2.05, 4.69) is 11.8 Å². The number of likely N-dealkylation sites (N-methyl/N-ethyl adjacent to an activating group) is 1. The van der Waals surface area contributed by atoms with Crippen LogP contribution in [0.25, 0.3) is 0 Å². The van der Waals surface area contributed by atoms with E-state index >= 15 is 0 Å². The average molecular weight is 270 g/mol. The Kier molecular flexibility index (Phi) is 6.57. The fourth-order valence-electron chi connectivity index (χ4n) is 3.21. The van der Waals surface area contributed by atoms with Crippen LogP contribution in [0.15, 0.2) is 0 Å². The molecule has 0 aromatic heterocycles. The van der Waals surface area contributed by atoms with Crippen LogP contribution in [0.3, 0.4) is 0 Å². The zero-order chi connectivity index (χ0) is 13.5. The van der Waals surface area contributed by atoms with Crippen LogP contribution in [0.4, 0.5) is 0 Å². The van der Waals surface area contributed by atoms with Crippen molar-refractivity contribution in [3.63, 3.8) is 0 Å². The molecule has 1 heterocycles. The maximum Gasteiger partial charge on any atom is 0.157 e. The van der Waals surface area contributed by atoms with Gasteiger partial charge in [0.05, 0.1) is 6.61 Å². The normalized spacial score (nSPS) is 32.7. The summed E-state index contributed by atoms with van der Waals surface area (Å²) >= 11 is 0. The van der Waals surface area contributed by atoms with Crippen molar-refractivity contribution < 1.29 is 9.47 Å². The second-order valence-corrected chi connectivity index (χ2v) is 5.86. The molecule has 19 heavy (non-hydrogen) atoms. The van der Waals surface area contributed by atoms with Gasteiger partial charge in [-0.25, -0.2) is 0 Å². The summed E-state index contributed by atoms with van der Waals surface area (Å²) in [4.78, 5) is 2.55. The standard InChI is InChI=1S/C15H30N2O2/c1-2-17(14-8-6-13(16)7-9-14)10-12-19-15-5-3-4-11-18-15/h13-15H,2-12,16H2,1H3. The quantitative estimate of drug-likeness (QED) is 0.803. The fraction of sp³-hybridized carbons (Fsp3) is 1.00. The van der Waals surface area contributed by atoms with Crippen molar-refractivity contribution in [1.29, 1.82) is 0 Å². The molecule has 0 aromatic rings. The van der Waals surface area contributed by atoms with Gasteiger partial charge in [-0.3, -0.25) is 4.90 Å². The minimum atomic E-state index is 0.0484. The Labute approximate surface area is 117 Å². The molecule has 112 valence electrons. The van der Waals surface area contributed by atoms with E-state index in [1.807, 2.05) is 0 Å². The van der Waals surface area contributed by atoms with Gasteiger partial charge in [-0.05, 0) is 51.5 Å². The summed E-state index contributed by atoms with van der Waals surface area (Å²) in [5.74, 6) is 0. The Morgan fingerprint density at radius 3 is 2.58 bits per heavy atom. The number of hydrogen-bond acceptors (Lipinski definition) is 4. The maximum atomic E-state index is 5.98. The zero-order valence-corrected chi connectivity index (χ0v) is 12.4. The van der Waals surface area contributed by atoms with Gasteiger partial charge in [0.15, 0.2) is 6.29 Å². The van der Waals surface area contributed by atoms with E-state index < -0.39 is 0 Å². The Morgan fingerprint density at radius 2 is 1.95 bits per heavy atom. The molecule has 1 saturated heterocycles. The monoisotopic (exact) mass is 270 g/mol. The minimum Gasteiger partial charge on any atom is -0.353 e. The fourth-order valence-corrected chi connectivity index (χ4v) is 3.21. The third kappa shape index (κ3) is 5.03. The lowest BCUT2D eigenvalue weighted by molar-refractivity contribution is -0.165. The average Bonchev–Trinajstić information content (AvgIpc) is 2.46. The Bertz CT molecular complexity index is 236. The number of ether oxygens (including phenoxy) is 2. The zero-order valence-electron chi connectivity index (χ0n) is 12.4. The Morgan fingerprint density at radius 1 is 1.16 bits per heavy atom. The molecule has 1 aliphatic carbocycles. The predicted molar refractivity (Wildman–Crippen MR) is 77.0 cm³/mol. The molecule has 2 fully saturated rings. The van der Waals surface area contributed by atoms with Crippen molar-refractivity contribution in [2.45, 2.75) is 70.2 Å². The van der Waals surface area contributed by atoms with Gasteiger partial charge in [0, 0.05) is 25.2 Å².